The number of carbonyl (C=O) groups excluding carboxylic acids is 4. The fourth-order valence-corrected chi connectivity index (χ4v) is 8.00. The molecule has 4 aromatic rings. The Morgan fingerprint density at radius 3 is 2.46 bits per heavy atom. The Morgan fingerprint density at radius 2 is 1.74 bits per heavy atom. The summed E-state index contributed by atoms with van der Waals surface area (Å²) in [6, 6.07) is 22.7. The van der Waals surface area contributed by atoms with Gasteiger partial charge in [-0.2, -0.15) is 0 Å². The van der Waals surface area contributed by atoms with Gasteiger partial charge in [0.1, 0.15) is 10.7 Å². The third kappa shape index (κ3) is 9.65. The average Bonchev–Trinajstić information content (AvgIpc) is 3.44. The lowest BCUT2D eigenvalue weighted by atomic mass is 9.72. The molecule has 0 aliphatic heterocycles. The third-order valence-corrected chi connectivity index (χ3v) is 10.8. The summed E-state index contributed by atoms with van der Waals surface area (Å²) < 4.78 is 5.39. The molecule has 3 aromatic carbocycles. The van der Waals surface area contributed by atoms with Gasteiger partial charge in [0.2, 0.25) is 5.91 Å². The van der Waals surface area contributed by atoms with E-state index in [2.05, 4.69) is 36.7 Å². The maximum Gasteiger partial charge on any atom is 0.341 e. The van der Waals surface area contributed by atoms with Crippen molar-refractivity contribution in [2.45, 2.75) is 51.9 Å². The number of thioether (sulfide) groups is 1. The van der Waals surface area contributed by atoms with Crippen LogP contribution in [0.5, 0.6) is 0 Å². The molecule has 0 saturated carbocycles. The molecule has 260 valence electrons. The van der Waals surface area contributed by atoms with Crippen LogP contribution >= 0.6 is 34.7 Å². The summed E-state index contributed by atoms with van der Waals surface area (Å²) in [7, 11) is 0. The Labute approximate surface area is 306 Å². The molecule has 0 spiro atoms. The van der Waals surface area contributed by atoms with E-state index < -0.39 is 17.8 Å². The number of amides is 3. The predicted octanol–water partition coefficient (Wildman–Crippen LogP) is 8.87. The van der Waals surface area contributed by atoms with E-state index in [1.54, 1.807) is 85.8 Å². The van der Waals surface area contributed by atoms with Crippen molar-refractivity contribution >= 4 is 75.2 Å². The van der Waals surface area contributed by atoms with Gasteiger partial charge in [-0.15, -0.1) is 23.1 Å². The zero-order valence-electron chi connectivity index (χ0n) is 28.4. The Morgan fingerprint density at radius 1 is 0.980 bits per heavy atom. The molecule has 3 amide bonds. The van der Waals surface area contributed by atoms with Crippen LogP contribution in [-0.4, -0.2) is 36.1 Å². The maximum atomic E-state index is 13.5. The van der Waals surface area contributed by atoms with Gasteiger partial charge in [0.25, 0.3) is 11.8 Å². The van der Waals surface area contributed by atoms with Gasteiger partial charge in [0.05, 0.1) is 17.9 Å². The highest BCUT2D eigenvalue weighted by molar-refractivity contribution is 8.00. The van der Waals surface area contributed by atoms with Gasteiger partial charge in [-0.05, 0) is 97.2 Å². The minimum Gasteiger partial charge on any atom is -0.462 e. The summed E-state index contributed by atoms with van der Waals surface area (Å²) in [5.74, 6) is -1.06. The molecule has 0 radical (unpaired) electrons. The molecule has 5 rings (SSSR count). The zero-order valence-corrected chi connectivity index (χ0v) is 30.8. The summed E-state index contributed by atoms with van der Waals surface area (Å²) >= 11 is 8.93. The molecule has 1 unspecified atom stereocenters. The minimum absolute atomic E-state index is 0.0309. The summed E-state index contributed by atoms with van der Waals surface area (Å²) in [6.45, 7) is 8.74. The summed E-state index contributed by atoms with van der Waals surface area (Å²) in [6.07, 6.45) is 4.18. The molecule has 50 heavy (non-hydrogen) atoms. The molecule has 3 N–H and O–H groups in total. The first-order chi connectivity index (χ1) is 23.9. The van der Waals surface area contributed by atoms with Crippen LogP contribution in [-0.2, 0) is 27.2 Å². The summed E-state index contributed by atoms with van der Waals surface area (Å²) in [5.41, 5.74) is 3.16. The Balaban J connectivity index is 1.27. The molecule has 0 fully saturated rings. The molecular weight excluding hydrogens is 690 g/mol. The first-order valence-electron chi connectivity index (χ1n) is 16.4. The molecule has 1 heterocycles. The molecule has 1 aliphatic carbocycles. The second-order valence-corrected chi connectivity index (χ2v) is 15.6. The Hall–Kier alpha value is -4.38. The Kier molecular flexibility index (Phi) is 12.2. The predicted molar refractivity (Wildman–Crippen MR) is 203 cm³/mol. The van der Waals surface area contributed by atoms with Crippen molar-refractivity contribution in [3.63, 3.8) is 0 Å². The largest absolute Gasteiger partial charge is 0.462 e. The van der Waals surface area contributed by atoms with E-state index in [0.717, 1.165) is 34.6 Å². The highest BCUT2D eigenvalue weighted by Gasteiger charge is 2.34. The average molecular weight is 730 g/mol. The van der Waals surface area contributed by atoms with Crippen molar-refractivity contribution in [3.8, 4) is 0 Å². The molecule has 1 aliphatic rings. The van der Waals surface area contributed by atoms with E-state index in [1.165, 1.54) is 23.1 Å². The van der Waals surface area contributed by atoms with Crippen LogP contribution in [0.25, 0.3) is 6.08 Å². The van der Waals surface area contributed by atoms with Crippen LogP contribution in [0.2, 0.25) is 5.02 Å². The molecule has 0 bridgehead atoms. The molecule has 1 atom stereocenters. The van der Waals surface area contributed by atoms with Crippen molar-refractivity contribution in [1.82, 2.24) is 5.32 Å². The number of rotatable bonds is 11. The van der Waals surface area contributed by atoms with Gasteiger partial charge >= 0.3 is 5.97 Å². The van der Waals surface area contributed by atoms with Gasteiger partial charge in [0, 0.05) is 26.0 Å². The van der Waals surface area contributed by atoms with Crippen LogP contribution in [0.15, 0.2) is 89.5 Å². The molecular formula is C39H40ClN3O5S2. The van der Waals surface area contributed by atoms with E-state index in [-0.39, 0.29) is 29.4 Å². The molecule has 0 saturated heterocycles. The Bertz CT molecular complexity index is 1920. The monoisotopic (exact) mass is 729 g/mol. The van der Waals surface area contributed by atoms with Gasteiger partial charge in [0.15, 0.2) is 0 Å². The van der Waals surface area contributed by atoms with Crippen LogP contribution < -0.4 is 16.0 Å². The smallest absolute Gasteiger partial charge is 0.341 e. The van der Waals surface area contributed by atoms with E-state index in [4.69, 9.17) is 16.3 Å². The second-order valence-electron chi connectivity index (χ2n) is 13.0. The van der Waals surface area contributed by atoms with Crippen LogP contribution in [0.4, 0.5) is 10.7 Å². The fourth-order valence-electron chi connectivity index (χ4n) is 5.71. The topological polar surface area (TPSA) is 114 Å². The van der Waals surface area contributed by atoms with Crippen LogP contribution in [0.1, 0.15) is 70.8 Å². The lowest BCUT2D eigenvalue weighted by Gasteiger charge is -2.33. The number of halogens is 1. The molecule has 8 nitrogen and oxygen atoms in total. The zero-order chi connectivity index (χ0) is 35.8. The van der Waals surface area contributed by atoms with Crippen molar-refractivity contribution in [2.24, 2.45) is 11.3 Å². The molecule has 11 heteroatoms. The number of thiophene rings is 1. The van der Waals surface area contributed by atoms with Crippen LogP contribution in [0, 0.1) is 11.3 Å². The quantitative estimate of drug-likeness (QED) is 0.0808. The fraction of sp³-hybridized carbons (Fsp3) is 0.282. The van der Waals surface area contributed by atoms with Gasteiger partial charge < -0.3 is 20.7 Å². The van der Waals surface area contributed by atoms with E-state index >= 15 is 0 Å². The highest BCUT2D eigenvalue weighted by atomic mass is 35.5. The SMILES string of the molecule is CCOC(=O)c1c(NC(=O)CSc2cccc(NC(=O)/C(=C/c3cccc(Cl)c3)NC(=O)c3ccccc3)c2)sc2c1CCC(C(C)(C)C)C2. The van der Waals surface area contributed by atoms with Crippen molar-refractivity contribution in [2.75, 3.05) is 23.0 Å². The number of ether oxygens (including phenoxy) is 1. The summed E-state index contributed by atoms with van der Waals surface area (Å²) in [4.78, 5) is 54.6. The van der Waals surface area contributed by atoms with Crippen molar-refractivity contribution in [3.05, 3.63) is 117 Å². The number of fused-ring (bicyclic) bond motifs is 1. The van der Waals surface area contributed by atoms with Crippen LogP contribution in [0.3, 0.4) is 0 Å². The van der Waals surface area contributed by atoms with E-state index in [0.29, 0.717) is 38.3 Å². The second kappa shape index (κ2) is 16.6. The number of benzene rings is 3. The number of esters is 1. The maximum absolute atomic E-state index is 13.5. The molecule has 1 aromatic heterocycles. The number of anilines is 2. The lowest BCUT2D eigenvalue weighted by Crippen LogP contribution is -2.30. The first kappa shape index (κ1) is 36.9. The van der Waals surface area contributed by atoms with E-state index in [1.807, 2.05) is 6.07 Å². The van der Waals surface area contributed by atoms with Gasteiger partial charge in [-0.3, -0.25) is 14.4 Å². The number of nitrogens with one attached hydrogen (secondary N) is 3. The highest BCUT2D eigenvalue weighted by Crippen LogP contribution is 2.44. The third-order valence-electron chi connectivity index (χ3n) is 8.37. The van der Waals surface area contributed by atoms with Crippen molar-refractivity contribution < 1.29 is 23.9 Å². The first-order valence-corrected chi connectivity index (χ1v) is 18.6. The normalized spacial score (nSPS) is 14.3. The number of hydrogen-bond acceptors (Lipinski definition) is 7. The van der Waals surface area contributed by atoms with E-state index in [9.17, 15) is 19.2 Å². The number of carbonyl (C=O) groups is 4. The van der Waals surface area contributed by atoms with Crippen molar-refractivity contribution in [1.29, 1.82) is 0 Å². The van der Waals surface area contributed by atoms with Gasteiger partial charge in [-0.1, -0.05) is 68.8 Å². The number of hydrogen-bond donors (Lipinski definition) is 3. The standard InChI is InChI=1S/C39H40ClN3O5S2/c1-5-48-38(47)34-30-18-17-26(39(2,3)4)21-32(30)50-37(34)43-33(44)23-49-29-16-10-15-28(22-29)41-36(46)31(20-24-11-9-14-27(40)19-24)42-35(45)25-12-7-6-8-13-25/h6-16,19-20,22,26H,5,17-18,21,23H2,1-4H3,(H,41,46)(H,42,45)(H,43,44)/b31-20-. The minimum atomic E-state index is -0.531. The lowest BCUT2D eigenvalue weighted by molar-refractivity contribution is -0.114. The van der Waals surface area contributed by atoms with Gasteiger partial charge in [-0.25, -0.2) is 4.79 Å². The summed E-state index contributed by atoms with van der Waals surface area (Å²) in [5, 5.41) is 9.59.